The first-order valence-electron chi connectivity index (χ1n) is 10.6. The van der Waals surface area contributed by atoms with Crippen LogP contribution in [0.4, 0.5) is 4.79 Å². The van der Waals surface area contributed by atoms with E-state index in [0.717, 1.165) is 5.39 Å². The molecule has 11 nitrogen and oxygen atoms in total. The second-order valence-corrected chi connectivity index (χ2v) is 7.43. The molecule has 33 heavy (non-hydrogen) atoms. The number of piperazine rings is 1. The number of pyridine rings is 1. The zero-order valence-electron chi connectivity index (χ0n) is 18.6. The summed E-state index contributed by atoms with van der Waals surface area (Å²) in [5.41, 5.74) is 5.92. The van der Waals surface area contributed by atoms with Gasteiger partial charge in [0.2, 0.25) is 11.8 Å². The summed E-state index contributed by atoms with van der Waals surface area (Å²) in [6.07, 6.45) is -0.809. The minimum atomic E-state index is -1.16. The molecule has 3 rings (SSSR count). The van der Waals surface area contributed by atoms with Crippen LogP contribution >= 0.6 is 0 Å². The number of nitrogens with two attached hydrogens (primary N) is 1. The van der Waals surface area contributed by atoms with Gasteiger partial charge in [-0.2, -0.15) is 0 Å². The maximum absolute atomic E-state index is 13.1. The maximum Gasteiger partial charge on any atom is 0.409 e. The van der Waals surface area contributed by atoms with Gasteiger partial charge in [-0.25, -0.2) is 9.78 Å². The Bertz CT molecular complexity index is 1050. The smallest absolute Gasteiger partial charge is 0.409 e. The van der Waals surface area contributed by atoms with E-state index in [1.165, 1.54) is 23.0 Å². The summed E-state index contributed by atoms with van der Waals surface area (Å²) in [4.78, 5) is 56.8. The average molecular weight is 457 g/mol. The van der Waals surface area contributed by atoms with Crippen molar-refractivity contribution in [1.82, 2.24) is 20.1 Å². The van der Waals surface area contributed by atoms with E-state index >= 15 is 0 Å². The zero-order chi connectivity index (χ0) is 24.0. The van der Waals surface area contributed by atoms with Gasteiger partial charge >= 0.3 is 6.09 Å². The van der Waals surface area contributed by atoms with Gasteiger partial charge in [0.15, 0.2) is 0 Å². The fourth-order valence-corrected chi connectivity index (χ4v) is 3.61. The van der Waals surface area contributed by atoms with Crippen molar-refractivity contribution in [2.24, 2.45) is 5.73 Å². The van der Waals surface area contributed by atoms with E-state index in [1.807, 2.05) is 12.1 Å². The molecule has 1 atom stereocenters. The third-order valence-electron chi connectivity index (χ3n) is 5.26. The molecule has 1 aliphatic rings. The van der Waals surface area contributed by atoms with Gasteiger partial charge in [0.25, 0.3) is 5.91 Å². The number of hydrogen-bond acceptors (Lipinski definition) is 7. The van der Waals surface area contributed by atoms with Gasteiger partial charge in [0.1, 0.15) is 17.5 Å². The fourth-order valence-electron chi connectivity index (χ4n) is 3.61. The summed E-state index contributed by atoms with van der Waals surface area (Å²) in [5.74, 6) is -1.37. The van der Waals surface area contributed by atoms with Crippen LogP contribution in [0.15, 0.2) is 30.3 Å². The Kier molecular flexibility index (Phi) is 7.65. The molecule has 1 fully saturated rings. The van der Waals surface area contributed by atoms with E-state index in [-0.39, 0.29) is 44.9 Å². The number of aromatic nitrogens is 1. The van der Waals surface area contributed by atoms with Crippen molar-refractivity contribution in [1.29, 1.82) is 0 Å². The topological polar surface area (TPSA) is 144 Å². The molecule has 0 bridgehead atoms. The number of carbonyl (C=O) groups excluding carboxylic acids is 4. The molecule has 4 amide bonds. The van der Waals surface area contributed by atoms with E-state index in [9.17, 15) is 19.2 Å². The lowest BCUT2D eigenvalue weighted by atomic mass is 10.1. The normalized spacial score (nSPS) is 14.5. The van der Waals surface area contributed by atoms with E-state index in [1.54, 1.807) is 19.1 Å². The van der Waals surface area contributed by atoms with Gasteiger partial charge in [0.05, 0.1) is 25.7 Å². The Morgan fingerprint density at radius 1 is 1.12 bits per heavy atom. The Morgan fingerprint density at radius 2 is 1.79 bits per heavy atom. The molecule has 11 heteroatoms. The van der Waals surface area contributed by atoms with Crippen LogP contribution in [0.3, 0.4) is 0 Å². The van der Waals surface area contributed by atoms with Crippen LogP contribution in [0.2, 0.25) is 0 Å². The fraction of sp³-hybridized carbons (Fsp3) is 0.409. The van der Waals surface area contributed by atoms with E-state index < -0.39 is 29.9 Å². The number of methoxy groups -OCH3 is 1. The Morgan fingerprint density at radius 3 is 2.42 bits per heavy atom. The van der Waals surface area contributed by atoms with Gasteiger partial charge in [0, 0.05) is 37.6 Å². The van der Waals surface area contributed by atoms with Crippen molar-refractivity contribution in [3.8, 4) is 5.75 Å². The molecule has 1 saturated heterocycles. The highest BCUT2D eigenvalue weighted by molar-refractivity contribution is 6.00. The minimum absolute atomic E-state index is 0.0416. The van der Waals surface area contributed by atoms with Crippen molar-refractivity contribution in [3.05, 3.63) is 36.0 Å². The number of carbonyl (C=O) groups is 4. The average Bonchev–Trinajstić information content (AvgIpc) is 2.82. The number of amides is 4. The molecule has 0 saturated carbocycles. The highest BCUT2D eigenvalue weighted by Crippen LogP contribution is 2.25. The number of fused-ring (bicyclic) bond motifs is 1. The van der Waals surface area contributed by atoms with Crippen molar-refractivity contribution in [2.75, 3.05) is 39.9 Å². The van der Waals surface area contributed by atoms with Crippen molar-refractivity contribution >= 4 is 34.7 Å². The second-order valence-electron chi connectivity index (χ2n) is 7.43. The summed E-state index contributed by atoms with van der Waals surface area (Å²) >= 11 is 0. The van der Waals surface area contributed by atoms with Gasteiger partial charge < -0.3 is 30.3 Å². The molecule has 0 radical (unpaired) electrons. The van der Waals surface area contributed by atoms with Crippen LogP contribution in [0.25, 0.3) is 10.9 Å². The third kappa shape index (κ3) is 5.68. The number of para-hydroxylation sites is 1. The number of nitrogens with one attached hydrogen (secondary N) is 1. The van der Waals surface area contributed by atoms with E-state index in [0.29, 0.717) is 11.3 Å². The zero-order valence-corrected chi connectivity index (χ0v) is 18.6. The molecule has 0 spiro atoms. The summed E-state index contributed by atoms with van der Waals surface area (Å²) in [7, 11) is 1.48. The SMILES string of the molecule is CCOC(=O)N1CCN(C(=O)[C@H](CC(N)=O)NC(=O)c2cc(OC)c3ccccc3n2)CC1. The second kappa shape index (κ2) is 10.6. The van der Waals surface area contributed by atoms with Crippen molar-refractivity contribution in [3.63, 3.8) is 0 Å². The van der Waals surface area contributed by atoms with E-state index in [4.69, 9.17) is 15.2 Å². The Hall–Kier alpha value is -3.89. The van der Waals surface area contributed by atoms with Crippen LogP contribution in [0, 0.1) is 0 Å². The van der Waals surface area contributed by atoms with Gasteiger partial charge in [-0.3, -0.25) is 14.4 Å². The van der Waals surface area contributed by atoms with Crippen LogP contribution in [0.1, 0.15) is 23.8 Å². The summed E-state index contributed by atoms with van der Waals surface area (Å²) < 4.78 is 10.3. The molecule has 1 aromatic carbocycles. The number of ether oxygens (including phenoxy) is 2. The highest BCUT2D eigenvalue weighted by Gasteiger charge is 2.32. The first-order chi connectivity index (χ1) is 15.8. The summed E-state index contributed by atoms with van der Waals surface area (Å²) in [6, 6.07) is 7.48. The van der Waals surface area contributed by atoms with Crippen LogP contribution in [-0.4, -0.2) is 84.5 Å². The predicted molar refractivity (Wildman–Crippen MR) is 119 cm³/mol. The number of hydrogen-bond donors (Lipinski definition) is 2. The predicted octanol–water partition coefficient (Wildman–Crippen LogP) is 0.518. The first kappa shape index (κ1) is 23.8. The van der Waals surface area contributed by atoms with Crippen LogP contribution in [-0.2, 0) is 14.3 Å². The standard InChI is InChI=1S/C22H27N5O6/c1-3-33-22(31)27-10-8-26(9-11-27)21(30)17(13-19(23)28)25-20(29)16-12-18(32-2)14-6-4-5-7-15(14)24-16/h4-7,12,17H,3,8-11,13H2,1-2H3,(H2,23,28)(H,25,29)/t17-/m0/s1. The molecular formula is C22H27N5O6. The largest absolute Gasteiger partial charge is 0.496 e. The minimum Gasteiger partial charge on any atom is -0.496 e. The highest BCUT2D eigenvalue weighted by atomic mass is 16.6. The maximum atomic E-state index is 13.1. The molecule has 0 aliphatic carbocycles. The first-order valence-corrected chi connectivity index (χ1v) is 10.6. The summed E-state index contributed by atoms with van der Waals surface area (Å²) in [5, 5.41) is 3.31. The van der Waals surface area contributed by atoms with E-state index in [2.05, 4.69) is 10.3 Å². The molecule has 1 aliphatic heterocycles. The van der Waals surface area contributed by atoms with Gasteiger partial charge in [-0.1, -0.05) is 12.1 Å². The van der Waals surface area contributed by atoms with Crippen molar-refractivity contribution in [2.45, 2.75) is 19.4 Å². The Labute approximate surface area is 190 Å². The Balaban J connectivity index is 1.74. The molecular weight excluding hydrogens is 430 g/mol. The van der Waals surface area contributed by atoms with Crippen LogP contribution in [0.5, 0.6) is 5.75 Å². The molecule has 2 aromatic rings. The molecule has 176 valence electrons. The molecule has 3 N–H and O–H groups in total. The number of nitrogens with zero attached hydrogens (tertiary/aromatic N) is 3. The lowest BCUT2D eigenvalue weighted by Crippen LogP contribution is -2.56. The van der Waals surface area contributed by atoms with Crippen molar-refractivity contribution < 1.29 is 28.7 Å². The third-order valence-corrected chi connectivity index (χ3v) is 5.26. The quantitative estimate of drug-likeness (QED) is 0.617. The van der Waals surface area contributed by atoms with Gasteiger partial charge in [-0.05, 0) is 19.1 Å². The number of primary amides is 1. The lowest BCUT2D eigenvalue weighted by Gasteiger charge is -2.35. The molecule has 1 aromatic heterocycles. The summed E-state index contributed by atoms with van der Waals surface area (Å²) in [6.45, 7) is 3.03. The van der Waals surface area contributed by atoms with Gasteiger partial charge in [-0.15, -0.1) is 0 Å². The number of rotatable bonds is 7. The molecule has 0 unspecified atom stereocenters. The monoisotopic (exact) mass is 457 g/mol. The number of benzene rings is 1. The molecule has 2 heterocycles. The van der Waals surface area contributed by atoms with Crippen LogP contribution < -0.4 is 15.8 Å². The lowest BCUT2D eigenvalue weighted by molar-refractivity contribution is -0.136.